The van der Waals surface area contributed by atoms with E-state index in [0.717, 1.165) is 11.3 Å². The van der Waals surface area contributed by atoms with Gasteiger partial charge in [-0.2, -0.15) is 0 Å². The third-order valence-corrected chi connectivity index (χ3v) is 6.43. The smallest absolute Gasteiger partial charge is 0.194 e. The second-order valence-electron chi connectivity index (χ2n) is 6.85. The zero-order valence-electron chi connectivity index (χ0n) is 17.6. The molecular formula is C22H31N3O3S. The molecule has 0 radical (unpaired) electrons. The number of sulfone groups is 1. The zero-order chi connectivity index (χ0) is 21.3. The summed E-state index contributed by atoms with van der Waals surface area (Å²) in [6.45, 7) is 5.20. The van der Waals surface area contributed by atoms with Crippen LogP contribution in [0.3, 0.4) is 0 Å². The lowest BCUT2D eigenvalue weighted by molar-refractivity contribution is 0.414. The summed E-state index contributed by atoms with van der Waals surface area (Å²) in [4.78, 5) is 6.91. The van der Waals surface area contributed by atoms with Crippen LogP contribution >= 0.6 is 0 Å². The molecule has 0 saturated heterocycles. The minimum Gasteiger partial charge on any atom is -0.497 e. The van der Waals surface area contributed by atoms with Gasteiger partial charge in [-0.05, 0) is 43.2 Å². The summed E-state index contributed by atoms with van der Waals surface area (Å²) in [6.07, 6.45) is 0.672. The number of aliphatic imine (C=N–C) groups is 1. The molecule has 158 valence electrons. The Balaban J connectivity index is 2.09. The largest absolute Gasteiger partial charge is 0.497 e. The van der Waals surface area contributed by atoms with E-state index >= 15 is 0 Å². The van der Waals surface area contributed by atoms with Gasteiger partial charge in [0.05, 0.1) is 17.8 Å². The maximum absolute atomic E-state index is 12.8. The first-order valence-corrected chi connectivity index (χ1v) is 11.5. The molecule has 6 nitrogen and oxygen atoms in total. The van der Waals surface area contributed by atoms with Gasteiger partial charge in [0.2, 0.25) is 0 Å². The SMILES string of the molecule is CCN=C(NC(CC)CS(=O)(=O)c1ccccc1)N(C)Cc1ccc(OC)cc1. The summed E-state index contributed by atoms with van der Waals surface area (Å²) in [7, 11) is 0.218. The summed E-state index contributed by atoms with van der Waals surface area (Å²) in [5.41, 5.74) is 1.11. The number of nitrogens with zero attached hydrogens (tertiary/aromatic N) is 2. The van der Waals surface area contributed by atoms with Gasteiger partial charge in [0.25, 0.3) is 0 Å². The number of methoxy groups -OCH3 is 1. The van der Waals surface area contributed by atoms with Crippen LogP contribution in [0.15, 0.2) is 64.5 Å². The van der Waals surface area contributed by atoms with Gasteiger partial charge in [-0.1, -0.05) is 37.3 Å². The van der Waals surface area contributed by atoms with E-state index in [9.17, 15) is 8.42 Å². The first-order valence-electron chi connectivity index (χ1n) is 9.82. The standard InChI is InChI=1S/C22H31N3O3S/c1-5-19(17-29(26,27)21-10-8-7-9-11-21)24-22(23-6-2)25(3)16-18-12-14-20(28-4)15-13-18/h7-15,19H,5-6,16-17H2,1-4H3,(H,23,24). The van der Waals surface area contributed by atoms with Crippen molar-refractivity contribution in [1.82, 2.24) is 10.2 Å². The highest BCUT2D eigenvalue weighted by Gasteiger charge is 2.22. The first-order chi connectivity index (χ1) is 13.9. The van der Waals surface area contributed by atoms with E-state index in [0.29, 0.717) is 30.4 Å². The highest BCUT2D eigenvalue weighted by molar-refractivity contribution is 7.91. The Labute approximate surface area is 174 Å². The van der Waals surface area contributed by atoms with Crippen molar-refractivity contribution in [2.24, 2.45) is 4.99 Å². The molecule has 29 heavy (non-hydrogen) atoms. The van der Waals surface area contributed by atoms with Crippen molar-refractivity contribution in [2.75, 3.05) is 26.5 Å². The maximum atomic E-state index is 12.8. The number of nitrogens with one attached hydrogen (secondary N) is 1. The molecule has 0 fully saturated rings. The molecule has 1 N–H and O–H groups in total. The Kier molecular flexibility index (Phi) is 8.51. The second kappa shape index (κ2) is 10.9. The van der Waals surface area contributed by atoms with Gasteiger partial charge in [-0.15, -0.1) is 0 Å². The van der Waals surface area contributed by atoms with Gasteiger partial charge in [0.15, 0.2) is 15.8 Å². The molecule has 7 heteroatoms. The highest BCUT2D eigenvalue weighted by Crippen LogP contribution is 2.14. The minimum atomic E-state index is -3.37. The van der Waals surface area contributed by atoms with E-state index in [-0.39, 0.29) is 11.8 Å². The average molecular weight is 418 g/mol. The third-order valence-electron chi connectivity index (χ3n) is 4.60. The fourth-order valence-electron chi connectivity index (χ4n) is 2.94. The lowest BCUT2D eigenvalue weighted by Gasteiger charge is -2.27. The Morgan fingerprint density at radius 3 is 2.31 bits per heavy atom. The van der Waals surface area contributed by atoms with E-state index in [1.54, 1.807) is 31.4 Å². The molecule has 1 unspecified atom stereocenters. The minimum absolute atomic E-state index is 0.0205. The van der Waals surface area contributed by atoms with Crippen LogP contribution in [-0.4, -0.2) is 51.8 Å². The number of hydrogen-bond donors (Lipinski definition) is 1. The molecule has 2 aromatic carbocycles. The van der Waals surface area contributed by atoms with Crippen molar-refractivity contribution in [1.29, 1.82) is 0 Å². The molecule has 0 amide bonds. The molecule has 2 rings (SSSR count). The molecule has 0 aliphatic carbocycles. The van der Waals surface area contributed by atoms with E-state index in [2.05, 4.69) is 10.3 Å². The molecule has 1 atom stereocenters. The van der Waals surface area contributed by atoms with Crippen molar-refractivity contribution >= 4 is 15.8 Å². The third kappa shape index (κ3) is 6.78. The predicted octanol–water partition coefficient (Wildman–Crippen LogP) is 3.35. The molecule has 0 heterocycles. The van der Waals surface area contributed by atoms with Gasteiger partial charge in [-0.25, -0.2) is 8.42 Å². The molecule has 0 spiro atoms. The first kappa shape index (κ1) is 22.7. The summed E-state index contributed by atoms with van der Waals surface area (Å²) in [5, 5.41) is 3.35. The number of rotatable bonds is 9. The topological polar surface area (TPSA) is 71.0 Å². The predicted molar refractivity (Wildman–Crippen MR) is 118 cm³/mol. The van der Waals surface area contributed by atoms with Crippen LogP contribution in [0.2, 0.25) is 0 Å². The Hall–Kier alpha value is -2.54. The van der Waals surface area contributed by atoms with Crippen molar-refractivity contribution in [3.8, 4) is 5.75 Å². The van der Waals surface area contributed by atoms with Crippen LogP contribution in [0.25, 0.3) is 0 Å². The fraction of sp³-hybridized carbons (Fsp3) is 0.409. The zero-order valence-corrected chi connectivity index (χ0v) is 18.4. The Morgan fingerprint density at radius 1 is 1.10 bits per heavy atom. The average Bonchev–Trinajstić information content (AvgIpc) is 2.73. The fourth-order valence-corrected chi connectivity index (χ4v) is 4.55. The van der Waals surface area contributed by atoms with E-state index in [4.69, 9.17) is 4.74 Å². The van der Waals surface area contributed by atoms with Crippen molar-refractivity contribution in [3.05, 3.63) is 60.2 Å². The van der Waals surface area contributed by atoms with Gasteiger partial charge in [0, 0.05) is 26.2 Å². The molecule has 0 bridgehead atoms. The highest BCUT2D eigenvalue weighted by atomic mass is 32.2. The number of hydrogen-bond acceptors (Lipinski definition) is 4. The molecule has 0 aliphatic heterocycles. The summed E-state index contributed by atoms with van der Waals surface area (Å²) in [5.74, 6) is 1.53. The van der Waals surface area contributed by atoms with Crippen molar-refractivity contribution in [3.63, 3.8) is 0 Å². The van der Waals surface area contributed by atoms with Crippen LogP contribution in [0.1, 0.15) is 25.8 Å². The van der Waals surface area contributed by atoms with Crippen LogP contribution in [-0.2, 0) is 16.4 Å². The van der Waals surface area contributed by atoms with E-state index in [1.165, 1.54) is 0 Å². The lowest BCUT2D eigenvalue weighted by atomic mass is 10.2. The van der Waals surface area contributed by atoms with Gasteiger partial charge in [-0.3, -0.25) is 4.99 Å². The maximum Gasteiger partial charge on any atom is 0.194 e. The van der Waals surface area contributed by atoms with Crippen molar-refractivity contribution in [2.45, 2.75) is 37.8 Å². The molecule has 2 aromatic rings. The molecule has 0 aromatic heterocycles. The number of benzene rings is 2. The van der Waals surface area contributed by atoms with Gasteiger partial charge < -0.3 is 15.0 Å². The molecule has 0 saturated carbocycles. The van der Waals surface area contributed by atoms with Crippen molar-refractivity contribution < 1.29 is 13.2 Å². The number of ether oxygens (including phenoxy) is 1. The van der Waals surface area contributed by atoms with Gasteiger partial charge >= 0.3 is 0 Å². The second-order valence-corrected chi connectivity index (χ2v) is 8.88. The lowest BCUT2D eigenvalue weighted by Crippen LogP contribution is -2.46. The monoisotopic (exact) mass is 417 g/mol. The van der Waals surface area contributed by atoms with Crippen LogP contribution < -0.4 is 10.1 Å². The summed E-state index contributed by atoms with van der Waals surface area (Å²) < 4.78 is 30.7. The number of guanidine groups is 1. The normalized spacial score (nSPS) is 13.0. The van der Waals surface area contributed by atoms with E-state index < -0.39 is 9.84 Å². The Morgan fingerprint density at radius 2 is 1.76 bits per heavy atom. The quantitative estimate of drug-likeness (QED) is 0.500. The molecular weight excluding hydrogens is 386 g/mol. The summed E-state index contributed by atoms with van der Waals surface area (Å²) >= 11 is 0. The molecule has 0 aliphatic rings. The van der Waals surface area contributed by atoms with E-state index in [1.807, 2.05) is 56.1 Å². The summed E-state index contributed by atoms with van der Waals surface area (Å²) in [6, 6.07) is 16.2. The Bertz CT molecular complexity index is 881. The van der Waals surface area contributed by atoms with Crippen LogP contribution in [0.4, 0.5) is 0 Å². The van der Waals surface area contributed by atoms with Gasteiger partial charge in [0.1, 0.15) is 5.75 Å². The van der Waals surface area contributed by atoms with Crippen LogP contribution in [0.5, 0.6) is 5.75 Å². The van der Waals surface area contributed by atoms with Crippen LogP contribution in [0, 0.1) is 0 Å².